The molecule has 1 aliphatic heterocycles. The van der Waals surface area contributed by atoms with Gasteiger partial charge in [-0.2, -0.15) is 13.2 Å². The number of benzene rings is 3. The summed E-state index contributed by atoms with van der Waals surface area (Å²) in [5.41, 5.74) is 4.49. The molecule has 31 heavy (non-hydrogen) atoms. The zero-order valence-corrected chi connectivity index (χ0v) is 17.6. The number of halogens is 3. The number of aryl methyl sites for hydroxylation is 1. The number of para-hydroxylation sites is 1. The lowest BCUT2D eigenvalue weighted by atomic mass is 9.78. The third-order valence-corrected chi connectivity index (χ3v) is 7.41. The largest absolute Gasteiger partial charge is 0.497 e. The summed E-state index contributed by atoms with van der Waals surface area (Å²) in [5, 5.41) is -0.0139. The van der Waals surface area contributed by atoms with E-state index >= 15 is 0 Å². The van der Waals surface area contributed by atoms with Crippen molar-refractivity contribution in [1.82, 2.24) is 0 Å². The number of methoxy groups -OCH3 is 1. The van der Waals surface area contributed by atoms with Gasteiger partial charge in [-0.15, -0.1) is 11.8 Å². The van der Waals surface area contributed by atoms with Gasteiger partial charge in [0.15, 0.2) is 0 Å². The third kappa shape index (κ3) is 3.74. The first-order chi connectivity index (χ1) is 14.9. The Balaban J connectivity index is 1.62. The molecule has 0 bridgehead atoms. The van der Waals surface area contributed by atoms with Gasteiger partial charge >= 0.3 is 6.18 Å². The number of nitrogens with zero attached hydrogens (tertiary/aromatic N) is 1. The van der Waals surface area contributed by atoms with E-state index < -0.39 is 11.7 Å². The molecule has 5 rings (SSSR count). The van der Waals surface area contributed by atoms with Gasteiger partial charge < -0.3 is 4.74 Å². The first-order valence-corrected chi connectivity index (χ1v) is 11.0. The van der Waals surface area contributed by atoms with E-state index in [0.29, 0.717) is 0 Å². The van der Waals surface area contributed by atoms with Crippen LogP contribution < -0.4 is 4.74 Å². The SMILES string of the molecule is COc1ccc2c(c1)CC[C@@H]1C2=Nc2ccccc2S[C@H]1c1ccc(C(F)(F)F)cc1. The Morgan fingerprint density at radius 2 is 1.77 bits per heavy atom. The number of alkyl halides is 3. The van der Waals surface area contributed by atoms with Crippen molar-refractivity contribution in [2.45, 2.75) is 29.2 Å². The predicted molar refractivity (Wildman–Crippen MR) is 117 cm³/mol. The van der Waals surface area contributed by atoms with Crippen molar-refractivity contribution < 1.29 is 17.9 Å². The Morgan fingerprint density at radius 1 is 1.00 bits per heavy atom. The molecule has 0 radical (unpaired) electrons. The van der Waals surface area contributed by atoms with Gasteiger partial charge in [0.05, 0.1) is 24.1 Å². The van der Waals surface area contributed by atoms with Crippen LogP contribution >= 0.6 is 11.8 Å². The minimum Gasteiger partial charge on any atom is -0.497 e. The number of thioether (sulfide) groups is 1. The first kappa shape index (κ1) is 20.2. The van der Waals surface area contributed by atoms with E-state index in [1.165, 1.54) is 17.7 Å². The average Bonchev–Trinajstić information content (AvgIpc) is 2.95. The highest BCUT2D eigenvalue weighted by molar-refractivity contribution is 7.99. The summed E-state index contributed by atoms with van der Waals surface area (Å²) < 4.78 is 44.6. The molecule has 0 saturated heterocycles. The normalized spacial score (nSPS) is 20.1. The van der Waals surface area contributed by atoms with Crippen molar-refractivity contribution in [3.63, 3.8) is 0 Å². The van der Waals surface area contributed by atoms with Crippen LogP contribution in [0.5, 0.6) is 5.75 Å². The molecule has 2 atom stereocenters. The summed E-state index contributed by atoms with van der Waals surface area (Å²) in [6.45, 7) is 0. The van der Waals surface area contributed by atoms with Crippen LogP contribution in [0.25, 0.3) is 0 Å². The Labute approximate surface area is 183 Å². The van der Waals surface area contributed by atoms with E-state index in [-0.39, 0.29) is 11.2 Å². The lowest BCUT2D eigenvalue weighted by Gasteiger charge is -2.32. The zero-order chi connectivity index (χ0) is 21.6. The molecule has 6 heteroatoms. The monoisotopic (exact) mass is 439 g/mol. The fourth-order valence-corrected chi connectivity index (χ4v) is 5.79. The second kappa shape index (κ2) is 7.75. The van der Waals surface area contributed by atoms with Crippen LogP contribution in [0.1, 0.15) is 33.9 Å². The quantitative estimate of drug-likeness (QED) is 0.420. The Bertz CT molecular complexity index is 1150. The van der Waals surface area contributed by atoms with Crippen molar-refractivity contribution in [2.24, 2.45) is 10.9 Å². The van der Waals surface area contributed by atoms with E-state index in [4.69, 9.17) is 9.73 Å². The smallest absolute Gasteiger partial charge is 0.416 e. The number of fused-ring (bicyclic) bond motifs is 4. The molecule has 0 unspecified atom stereocenters. The van der Waals surface area contributed by atoms with Crippen LogP contribution in [0.2, 0.25) is 0 Å². The van der Waals surface area contributed by atoms with Gasteiger partial charge in [-0.1, -0.05) is 24.3 Å². The molecule has 3 aromatic carbocycles. The van der Waals surface area contributed by atoms with E-state index in [1.807, 2.05) is 30.3 Å². The van der Waals surface area contributed by atoms with E-state index in [0.717, 1.165) is 46.0 Å². The van der Waals surface area contributed by atoms with Gasteiger partial charge in [-0.25, -0.2) is 0 Å². The topological polar surface area (TPSA) is 21.6 Å². The van der Waals surface area contributed by atoms with Crippen molar-refractivity contribution in [2.75, 3.05) is 7.11 Å². The number of hydrogen-bond donors (Lipinski definition) is 0. The maximum Gasteiger partial charge on any atom is 0.416 e. The van der Waals surface area contributed by atoms with Crippen molar-refractivity contribution in [1.29, 1.82) is 0 Å². The van der Waals surface area contributed by atoms with Crippen LogP contribution in [0.4, 0.5) is 18.9 Å². The minimum atomic E-state index is -4.34. The van der Waals surface area contributed by atoms with Crippen LogP contribution in [0.3, 0.4) is 0 Å². The number of ether oxygens (including phenoxy) is 1. The summed E-state index contributed by atoms with van der Waals surface area (Å²) in [4.78, 5) is 6.11. The van der Waals surface area contributed by atoms with E-state index in [1.54, 1.807) is 31.0 Å². The molecule has 2 aliphatic rings. The fourth-order valence-electron chi connectivity index (χ4n) is 4.40. The van der Waals surface area contributed by atoms with E-state index in [2.05, 4.69) is 12.1 Å². The molecule has 0 saturated carbocycles. The van der Waals surface area contributed by atoms with Crippen molar-refractivity contribution in [3.05, 3.63) is 89.0 Å². The molecule has 0 N–H and O–H groups in total. The molecule has 0 amide bonds. The molecule has 1 aliphatic carbocycles. The van der Waals surface area contributed by atoms with Gasteiger partial charge in [0.25, 0.3) is 0 Å². The zero-order valence-electron chi connectivity index (χ0n) is 16.8. The number of aliphatic imine (C=N–C) groups is 1. The summed E-state index contributed by atoms with van der Waals surface area (Å²) >= 11 is 1.69. The van der Waals surface area contributed by atoms with Crippen LogP contribution in [-0.4, -0.2) is 12.8 Å². The van der Waals surface area contributed by atoms with Crippen LogP contribution in [0.15, 0.2) is 76.6 Å². The van der Waals surface area contributed by atoms with Crippen molar-refractivity contribution in [3.8, 4) is 5.75 Å². The van der Waals surface area contributed by atoms with Gasteiger partial charge in [0, 0.05) is 16.1 Å². The number of hydrogen-bond acceptors (Lipinski definition) is 3. The third-order valence-electron chi connectivity index (χ3n) is 5.96. The average molecular weight is 440 g/mol. The lowest BCUT2D eigenvalue weighted by molar-refractivity contribution is -0.137. The predicted octanol–water partition coefficient (Wildman–Crippen LogP) is 7.24. The van der Waals surface area contributed by atoms with Gasteiger partial charge in [-0.3, -0.25) is 4.99 Å². The maximum atomic E-state index is 13.1. The van der Waals surface area contributed by atoms with Crippen LogP contribution in [-0.2, 0) is 12.6 Å². The molecule has 1 heterocycles. The lowest BCUT2D eigenvalue weighted by Crippen LogP contribution is -2.27. The van der Waals surface area contributed by atoms with Gasteiger partial charge in [-0.05, 0) is 72.0 Å². The molecule has 0 spiro atoms. The highest BCUT2D eigenvalue weighted by Crippen LogP contribution is 2.51. The summed E-state index contributed by atoms with van der Waals surface area (Å²) in [6, 6.07) is 19.7. The highest BCUT2D eigenvalue weighted by atomic mass is 32.2. The van der Waals surface area contributed by atoms with E-state index in [9.17, 15) is 13.2 Å². The summed E-state index contributed by atoms with van der Waals surface area (Å²) in [5.74, 6) is 0.926. The molecule has 0 aromatic heterocycles. The maximum absolute atomic E-state index is 13.1. The summed E-state index contributed by atoms with van der Waals surface area (Å²) in [7, 11) is 1.66. The van der Waals surface area contributed by atoms with Gasteiger partial charge in [0.1, 0.15) is 5.75 Å². The molecule has 2 nitrogen and oxygen atoms in total. The Hall–Kier alpha value is -2.73. The minimum absolute atomic E-state index is 0.0139. The molecule has 0 fully saturated rings. The molecule has 158 valence electrons. The van der Waals surface area contributed by atoms with Crippen LogP contribution in [0, 0.1) is 5.92 Å². The highest BCUT2D eigenvalue weighted by Gasteiger charge is 2.37. The molecular weight excluding hydrogens is 419 g/mol. The van der Waals surface area contributed by atoms with Gasteiger partial charge in [0.2, 0.25) is 0 Å². The Morgan fingerprint density at radius 3 is 2.52 bits per heavy atom. The molecular formula is C25H20F3NOS. The molecule has 3 aromatic rings. The Kier molecular flexibility index (Phi) is 5.05. The second-order valence-electron chi connectivity index (χ2n) is 7.79. The first-order valence-electron chi connectivity index (χ1n) is 10.1. The standard InChI is InChI=1S/C25H20F3NOS/c1-30-18-11-13-19-16(14-18)8-12-20-23(19)29-21-4-2-3-5-22(21)31-24(20)15-6-9-17(10-7-15)25(26,27)28/h2-7,9-11,13-14,20,24H,8,12H2,1H3/t20-,24+/m1/s1. The van der Waals surface area contributed by atoms with Crippen molar-refractivity contribution >= 4 is 23.2 Å². The summed E-state index contributed by atoms with van der Waals surface area (Å²) in [6.07, 6.45) is -2.58. The number of rotatable bonds is 2. The second-order valence-corrected chi connectivity index (χ2v) is 8.97. The fraction of sp³-hybridized carbons (Fsp3) is 0.240.